The second kappa shape index (κ2) is 9.36. The first-order chi connectivity index (χ1) is 14.2. The van der Waals surface area contributed by atoms with Crippen molar-refractivity contribution in [3.8, 4) is 28.6 Å². The molecule has 3 aromatic rings. The zero-order valence-electron chi connectivity index (χ0n) is 16.5. The van der Waals surface area contributed by atoms with Crippen molar-refractivity contribution in [1.82, 2.24) is 19.9 Å². The fourth-order valence-electron chi connectivity index (χ4n) is 2.66. The second-order valence-electron chi connectivity index (χ2n) is 5.74. The molecule has 9 heteroatoms. The normalized spacial score (nSPS) is 10.2. The van der Waals surface area contributed by atoms with Gasteiger partial charge in [-0.05, 0) is 12.1 Å². The van der Waals surface area contributed by atoms with Gasteiger partial charge in [-0.15, -0.1) is 6.58 Å². The van der Waals surface area contributed by atoms with Crippen LogP contribution in [-0.4, -0.2) is 47.8 Å². The molecule has 0 aliphatic rings. The summed E-state index contributed by atoms with van der Waals surface area (Å²) in [4.78, 5) is 17.3. The quantitative estimate of drug-likeness (QED) is 0.529. The van der Waals surface area contributed by atoms with Gasteiger partial charge in [-0.1, -0.05) is 6.08 Å². The predicted octanol–water partition coefficient (Wildman–Crippen LogP) is 3.30. The Balaban J connectivity index is 1.93. The summed E-state index contributed by atoms with van der Waals surface area (Å²) in [7, 11) is 4.67. The number of anilines is 3. The maximum atomic E-state index is 5.38. The first-order valence-corrected chi connectivity index (χ1v) is 8.76. The molecule has 9 nitrogen and oxygen atoms in total. The Kier molecular flexibility index (Phi) is 6.41. The Bertz CT molecular complexity index is 970. The highest BCUT2D eigenvalue weighted by molar-refractivity contribution is 5.71. The lowest BCUT2D eigenvalue weighted by molar-refractivity contribution is 0.324. The number of hydrogen-bond donors (Lipinski definition) is 2. The molecule has 0 fully saturated rings. The van der Waals surface area contributed by atoms with Gasteiger partial charge < -0.3 is 24.8 Å². The lowest BCUT2D eigenvalue weighted by Gasteiger charge is -2.14. The summed E-state index contributed by atoms with van der Waals surface area (Å²) in [6.45, 7) is 4.28. The topological polar surface area (TPSA) is 103 Å². The van der Waals surface area contributed by atoms with Crippen molar-refractivity contribution in [2.45, 2.75) is 0 Å². The molecule has 2 aromatic heterocycles. The number of hydrogen-bond acceptors (Lipinski definition) is 9. The van der Waals surface area contributed by atoms with Gasteiger partial charge in [-0.2, -0.15) is 4.98 Å². The number of rotatable bonds is 9. The van der Waals surface area contributed by atoms with E-state index in [1.165, 1.54) is 6.33 Å². The van der Waals surface area contributed by atoms with Gasteiger partial charge in [0.25, 0.3) is 0 Å². The molecule has 0 radical (unpaired) electrons. The number of benzene rings is 1. The molecule has 1 aromatic carbocycles. The molecule has 0 atom stereocenters. The first kappa shape index (κ1) is 19.9. The van der Waals surface area contributed by atoms with Crippen LogP contribution in [0.25, 0.3) is 11.4 Å². The minimum atomic E-state index is 0.364. The molecular weight excluding hydrogens is 372 g/mol. The maximum absolute atomic E-state index is 5.38. The summed E-state index contributed by atoms with van der Waals surface area (Å²) in [6.07, 6.45) is 4.89. The molecule has 0 amide bonds. The number of nitrogens with one attached hydrogen (secondary N) is 2. The van der Waals surface area contributed by atoms with Crippen LogP contribution in [0, 0.1) is 0 Å². The minimum absolute atomic E-state index is 0.364. The minimum Gasteiger partial charge on any atom is -0.493 e. The predicted molar refractivity (Wildman–Crippen MR) is 111 cm³/mol. The first-order valence-electron chi connectivity index (χ1n) is 8.76. The third kappa shape index (κ3) is 4.52. The Hall–Kier alpha value is -3.88. The Morgan fingerprint density at radius 1 is 1.03 bits per heavy atom. The third-order valence-electron chi connectivity index (χ3n) is 3.96. The van der Waals surface area contributed by atoms with Crippen molar-refractivity contribution in [1.29, 1.82) is 0 Å². The summed E-state index contributed by atoms with van der Waals surface area (Å²) >= 11 is 0. The van der Waals surface area contributed by atoms with Gasteiger partial charge in [0.05, 0.1) is 26.9 Å². The number of ether oxygens (including phenoxy) is 3. The molecule has 0 saturated carbocycles. The van der Waals surface area contributed by atoms with E-state index in [1.54, 1.807) is 45.7 Å². The van der Waals surface area contributed by atoms with Gasteiger partial charge in [0.2, 0.25) is 11.7 Å². The average Bonchev–Trinajstić information content (AvgIpc) is 2.77. The fraction of sp³-hybridized carbons (Fsp3) is 0.200. The highest BCUT2D eigenvalue weighted by atomic mass is 16.5. The zero-order valence-corrected chi connectivity index (χ0v) is 16.5. The van der Waals surface area contributed by atoms with Gasteiger partial charge in [-0.25, -0.2) is 15.0 Å². The van der Waals surface area contributed by atoms with Gasteiger partial charge in [0.15, 0.2) is 17.3 Å². The largest absolute Gasteiger partial charge is 0.493 e. The molecule has 150 valence electrons. The van der Waals surface area contributed by atoms with Gasteiger partial charge in [-0.3, -0.25) is 0 Å². The molecule has 2 heterocycles. The van der Waals surface area contributed by atoms with Crippen LogP contribution < -0.4 is 24.8 Å². The van der Waals surface area contributed by atoms with Crippen molar-refractivity contribution < 1.29 is 14.2 Å². The van der Waals surface area contributed by atoms with Crippen molar-refractivity contribution in [2.24, 2.45) is 0 Å². The second-order valence-corrected chi connectivity index (χ2v) is 5.74. The van der Waals surface area contributed by atoms with Crippen molar-refractivity contribution in [3.63, 3.8) is 0 Å². The van der Waals surface area contributed by atoms with Crippen LogP contribution in [0.4, 0.5) is 17.5 Å². The van der Waals surface area contributed by atoms with Crippen molar-refractivity contribution in [2.75, 3.05) is 38.5 Å². The third-order valence-corrected chi connectivity index (χ3v) is 3.96. The molecule has 0 saturated heterocycles. The molecular formula is C20H22N6O3. The molecule has 0 bridgehead atoms. The Labute approximate surface area is 168 Å². The molecule has 29 heavy (non-hydrogen) atoms. The molecule has 0 spiro atoms. The molecule has 0 aliphatic carbocycles. The fourth-order valence-corrected chi connectivity index (χ4v) is 2.66. The number of aromatic nitrogens is 4. The van der Waals surface area contributed by atoms with Crippen LogP contribution in [-0.2, 0) is 0 Å². The van der Waals surface area contributed by atoms with E-state index in [0.29, 0.717) is 47.1 Å². The van der Waals surface area contributed by atoms with E-state index in [0.717, 1.165) is 5.56 Å². The van der Waals surface area contributed by atoms with Crippen LogP contribution in [0.3, 0.4) is 0 Å². The monoisotopic (exact) mass is 394 g/mol. The van der Waals surface area contributed by atoms with Crippen LogP contribution >= 0.6 is 0 Å². The van der Waals surface area contributed by atoms with E-state index in [9.17, 15) is 0 Å². The van der Waals surface area contributed by atoms with Crippen LogP contribution in [0.2, 0.25) is 0 Å². The average molecular weight is 394 g/mol. The van der Waals surface area contributed by atoms with Crippen LogP contribution in [0.15, 0.2) is 49.4 Å². The number of methoxy groups -OCH3 is 3. The van der Waals surface area contributed by atoms with E-state index in [-0.39, 0.29) is 0 Å². The summed E-state index contributed by atoms with van der Waals surface area (Å²) in [5, 5.41) is 6.32. The number of nitrogens with zero attached hydrogens (tertiary/aromatic N) is 4. The summed E-state index contributed by atoms with van der Waals surface area (Å²) in [5.41, 5.74) is 1.43. The maximum Gasteiger partial charge on any atom is 0.230 e. The highest BCUT2D eigenvalue weighted by Crippen LogP contribution is 2.40. The summed E-state index contributed by atoms with van der Waals surface area (Å²) in [5.74, 6) is 3.05. The van der Waals surface area contributed by atoms with E-state index >= 15 is 0 Å². The van der Waals surface area contributed by atoms with E-state index < -0.39 is 0 Å². The molecule has 3 rings (SSSR count). The molecule has 0 unspecified atom stereocenters. The van der Waals surface area contributed by atoms with Gasteiger partial charge >= 0.3 is 0 Å². The standard InChI is InChI=1S/C20H22N6O3/c1-5-8-21-18-14(7-6-9-22-18)19-23-12-24-20(26-19)25-13-10-15(27-2)17(29-4)16(11-13)28-3/h5-7,9-12H,1,8H2,2-4H3,(H,21,22)(H,23,24,25,26). The van der Waals surface area contributed by atoms with Crippen LogP contribution in [0.1, 0.15) is 0 Å². The smallest absolute Gasteiger partial charge is 0.230 e. The van der Waals surface area contributed by atoms with Gasteiger partial charge in [0, 0.05) is 30.6 Å². The summed E-state index contributed by atoms with van der Waals surface area (Å²) < 4.78 is 16.1. The highest BCUT2D eigenvalue weighted by Gasteiger charge is 2.15. The van der Waals surface area contributed by atoms with Crippen molar-refractivity contribution >= 4 is 17.5 Å². The number of pyridine rings is 1. The molecule has 0 aliphatic heterocycles. The zero-order chi connectivity index (χ0) is 20.6. The van der Waals surface area contributed by atoms with Crippen LogP contribution in [0.5, 0.6) is 17.2 Å². The SMILES string of the molecule is C=CCNc1ncccc1-c1ncnc(Nc2cc(OC)c(OC)c(OC)c2)n1. The lowest BCUT2D eigenvalue weighted by atomic mass is 10.2. The molecule has 2 N–H and O–H groups in total. The van der Waals surface area contributed by atoms with E-state index in [4.69, 9.17) is 14.2 Å². The van der Waals surface area contributed by atoms with Gasteiger partial charge in [0.1, 0.15) is 12.1 Å². The van der Waals surface area contributed by atoms with E-state index in [2.05, 4.69) is 37.1 Å². The lowest BCUT2D eigenvalue weighted by Crippen LogP contribution is -2.05. The Morgan fingerprint density at radius 3 is 2.45 bits per heavy atom. The van der Waals surface area contributed by atoms with Crippen molar-refractivity contribution in [3.05, 3.63) is 49.4 Å². The summed E-state index contributed by atoms with van der Waals surface area (Å²) in [6, 6.07) is 7.25. The van der Waals surface area contributed by atoms with E-state index in [1.807, 2.05) is 12.1 Å². The Morgan fingerprint density at radius 2 is 1.79 bits per heavy atom.